The molecule has 1 aliphatic heterocycles. The zero-order chi connectivity index (χ0) is 16.6. The van der Waals surface area contributed by atoms with Gasteiger partial charge in [0.1, 0.15) is 0 Å². The van der Waals surface area contributed by atoms with Gasteiger partial charge in [0.05, 0.1) is 6.10 Å². The van der Waals surface area contributed by atoms with Crippen LogP contribution in [-0.4, -0.2) is 38.9 Å². The predicted molar refractivity (Wildman–Crippen MR) is 102 cm³/mol. The summed E-state index contributed by atoms with van der Waals surface area (Å²) in [5, 5.41) is 4.36. The van der Waals surface area contributed by atoms with Crippen LogP contribution in [0.4, 0.5) is 5.69 Å². The fourth-order valence-corrected chi connectivity index (χ4v) is 3.47. The van der Waals surface area contributed by atoms with Crippen molar-refractivity contribution in [3.05, 3.63) is 29.3 Å². The quantitative estimate of drug-likeness (QED) is 0.629. The lowest BCUT2D eigenvalue weighted by Crippen LogP contribution is -2.37. The lowest BCUT2D eigenvalue weighted by molar-refractivity contribution is 0.0348. The lowest BCUT2D eigenvalue weighted by Gasteiger charge is -2.33. The van der Waals surface area contributed by atoms with Gasteiger partial charge in [0, 0.05) is 30.4 Å². The van der Waals surface area contributed by atoms with Gasteiger partial charge in [0.15, 0.2) is 0 Å². The van der Waals surface area contributed by atoms with Crippen molar-refractivity contribution in [3.63, 3.8) is 0 Å². The van der Waals surface area contributed by atoms with Crippen LogP contribution in [-0.2, 0) is 4.74 Å². The molecule has 1 aromatic rings. The van der Waals surface area contributed by atoms with Gasteiger partial charge in [0.25, 0.3) is 0 Å². The highest BCUT2D eigenvalue weighted by atomic mass is 35.5. The summed E-state index contributed by atoms with van der Waals surface area (Å²) in [4.78, 5) is 2.43. The van der Waals surface area contributed by atoms with Gasteiger partial charge in [-0.15, -0.1) is 0 Å². The van der Waals surface area contributed by atoms with Crippen molar-refractivity contribution in [3.8, 4) is 0 Å². The summed E-state index contributed by atoms with van der Waals surface area (Å²) in [5.74, 6) is 0.993. The van der Waals surface area contributed by atoms with E-state index in [1.54, 1.807) is 0 Å². The minimum atomic E-state index is 0.446. The third-order valence-corrected chi connectivity index (χ3v) is 5.37. The molecular weight excluding hydrogens is 320 g/mol. The highest BCUT2D eigenvalue weighted by molar-refractivity contribution is 6.30. The van der Waals surface area contributed by atoms with Crippen LogP contribution in [0.15, 0.2) is 24.3 Å². The molecule has 0 unspecified atom stereocenters. The highest BCUT2D eigenvalue weighted by Gasteiger charge is 2.20. The topological polar surface area (TPSA) is 24.5 Å². The first kappa shape index (κ1) is 18.0. The predicted octanol–water partition coefficient (Wildman–Crippen LogP) is 4.50. The molecule has 1 N–H and O–H groups in total. The Morgan fingerprint density at radius 3 is 2.46 bits per heavy atom. The van der Waals surface area contributed by atoms with E-state index in [4.69, 9.17) is 16.3 Å². The minimum Gasteiger partial charge on any atom is -0.378 e. The lowest BCUT2D eigenvalue weighted by atomic mass is 10.1. The summed E-state index contributed by atoms with van der Waals surface area (Å²) in [5.41, 5.74) is 1.27. The molecule has 1 saturated heterocycles. The van der Waals surface area contributed by atoms with Crippen LogP contribution >= 0.6 is 11.6 Å². The van der Waals surface area contributed by atoms with Crippen LogP contribution in [0.25, 0.3) is 0 Å². The van der Waals surface area contributed by atoms with Crippen LogP contribution < -0.4 is 10.2 Å². The largest absolute Gasteiger partial charge is 0.378 e. The fraction of sp³-hybridized carbons (Fsp3) is 0.700. The van der Waals surface area contributed by atoms with E-state index < -0.39 is 0 Å². The van der Waals surface area contributed by atoms with Crippen molar-refractivity contribution >= 4 is 17.3 Å². The molecule has 1 aromatic carbocycles. The Morgan fingerprint density at radius 1 is 1.00 bits per heavy atom. The molecule has 0 aromatic heterocycles. The zero-order valence-corrected chi connectivity index (χ0v) is 15.4. The summed E-state index contributed by atoms with van der Waals surface area (Å²) in [6.07, 6.45) is 9.35. The number of benzene rings is 1. The number of unbranched alkanes of at least 4 members (excludes halogenated alkanes) is 2. The second-order valence-corrected chi connectivity index (χ2v) is 7.68. The molecule has 1 aliphatic carbocycles. The molecule has 4 heteroatoms. The van der Waals surface area contributed by atoms with Crippen molar-refractivity contribution in [2.75, 3.05) is 37.7 Å². The molecule has 0 atom stereocenters. The summed E-state index contributed by atoms with van der Waals surface area (Å²) >= 11 is 5.96. The van der Waals surface area contributed by atoms with Crippen molar-refractivity contribution in [1.82, 2.24) is 5.32 Å². The molecule has 2 aliphatic rings. The molecule has 2 fully saturated rings. The normalized spacial score (nSPS) is 19.0. The van der Waals surface area contributed by atoms with Crippen molar-refractivity contribution in [1.29, 1.82) is 0 Å². The number of halogens is 1. The number of piperidine rings is 1. The van der Waals surface area contributed by atoms with Gasteiger partial charge in [-0.25, -0.2) is 0 Å². The summed E-state index contributed by atoms with van der Waals surface area (Å²) < 4.78 is 6.07. The molecule has 3 rings (SSSR count). The Labute approximate surface area is 151 Å². The van der Waals surface area contributed by atoms with Crippen molar-refractivity contribution in [2.24, 2.45) is 5.92 Å². The minimum absolute atomic E-state index is 0.446. The van der Waals surface area contributed by atoms with Gasteiger partial charge in [-0.05, 0) is 88.2 Å². The van der Waals surface area contributed by atoms with Crippen LogP contribution in [0, 0.1) is 5.92 Å². The Morgan fingerprint density at radius 2 is 1.75 bits per heavy atom. The second kappa shape index (κ2) is 9.65. The molecule has 0 radical (unpaired) electrons. The molecule has 0 spiro atoms. The van der Waals surface area contributed by atoms with Crippen molar-refractivity contribution < 1.29 is 4.74 Å². The third-order valence-electron chi connectivity index (χ3n) is 5.12. The number of nitrogens with zero attached hydrogens (tertiary/aromatic N) is 1. The van der Waals surface area contributed by atoms with E-state index >= 15 is 0 Å². The monoisotopic (exact) mass is 350 g/mol. The standard InChI is InChI=1S/C20H31ClN2O/c21-18-6-8-19(9-7-18)23-13-10-20(11-14-23)24-15-3-1-2-12-22-16-17-4-5-17/h6-9,17,20,22H,1-5,10-16H2. The van der Waals surface area contributed by atoms with Crippen LogP contribution in [0.2, 0.25) is 5.02 Å². The van der Waals surface area contributed by atoms with E-state index in [-0.39, 0.29) is 0 Å². The first-order valence-corrected chi connectivity index (χ1v) is 10.0. The number of hydrogen-bond acceptors (Lipinski definition) is 3. The van der Waals surface area contributed by atoms with Gasteiger partial charge < -0.3 is 15.0 Å². The number of hydrogen-bond donors (Lipinski definition) is 1. The smallest absolute Gasteiger partial charge is 0.0608 e. The first-order valence-electron chi connectivity index (χ1n) is 9.64. The number of anilines is 1. The van der Waals surface area contributed by atoms with E-state index in [1.807, 2.05) is 12.1 Å². The van der Waals surface area contributed by atoms with Gasteiger partial charge in [-0.1, -0.05) is 11.6 Å². The average Bonchev–Trinajstić information content (AvgIpc) is 3.43. The van der Waals surface area contributed by atoms with Gasteiger partial charge in [0.2, 0.25) is 0 Å². The van der Waals surface area contributed by atoms with Crippen LogP contribution in [0.3, 0.4) is 0 Å². The van der Waals surface area contributed by atoms with E-state index in [9.17, 15) is 0 Å². The molecule has 24 heavy (non-hydrogen) atoms. The van der Waals surface area contributed by atoms with Gasteiger partial charge in [-0.2, -0.15) is 0 Å². The number of nitrogens with one attached hydrogen (secondary N) is 1. The molecule has 3 nitrogen and oxygen atoms in total. The van der Waals surface area contributed by atoms with E-state index in [2.05, 4.69) is 22.3 Å². The Kier molecular flexibility index (Phi) is 7.25. The Bertz CT molecular complexity index is 467. The summed E-state index contributed by atoms with van der Waals surface area (Å²) in [7, 11) is 0. The maximum Gasteiger partial charge on any atom is 0.0608 e. The van der Waals surface area contributed by atoms with Crippen molar-refractivity contribution in [2.45, 2.75) is 51.0 Å². The zero-order valence-electron chi connectivity index (χ0n) is 14.7. The summed E-state index contributed by atoms with van der Waals surface area (Å²) in [6, 6.07) is 8.17. The molecule has 0 amide bonds. The van der Waals surface area contributed by atoms with E-state index in [1.165, 1.54) is 50.9 Å². The SMILES string of the molecule is Clc1ccc(N2CCC(OCCCCCNCC3CC3)CC2)cc1. The molecule has 0 bridgehead atoms. The Hall–Kier alpha value is -0.770. The number of ether oxygens (including phenoxy) is 1. The van der Waals surface area contributed by atoms with Crippen LogP contribution in [0.5, 0.6) is 0 Å². The second-order valence-electron chi connectivity index (χ2n) is 7.24. The molecule has 1 saturated carbocycles. The molecule has 134 valence electrons. The molecular formula is C20H31ClN2O. The number of rotatable bonds is 10. The first-order chi connectivity index (χ1) is 11.8. The third kappa shape index (κ3) is 6.27. The van der Waals surface area contributed by atoms with Gasteiger partial charge >= 0.3 is 0 Å². The Balaban J connectivity index is 1.20. The maximum absolute atomic E-state index is 6.07. The average molecular weight is 351 g/mol. The fourth-order valence-electron chi connectivity index (χ4n) is 3.34. The van der Waals surface area contributed by atoms with Crippen LogP contribution in [0.1, 0.15) is 44.9 Å². The highest BCUT2D eigenvalue weighted by Crippen LogP contribution is 2.27. The molecule has 1 heterocycles. The van der Waals surface area contributed by atoms with Gasteiger partial charge in [-0.3, -0.25) is 0 Å². The van der Waals surface area contributed by atoms with E-state index in [0.717, 1.165) is 43.5 Å². The maximum atomic E-state index is 6.07. The summed E-state index contributed by atoms with van der Waals surface area (Å²) in [6.45, 7) is 5.50. The van der Waals surface area contributed by atoms with E-state index in [0.29, 0.717) is 6.10 Å².